The summed E-state index contributed by atoms with van der Waals surface area (Å²) in [6.45, 7) is 7.59. The molecular weight excluding hydrogens is 446 g/mol. The minimum atomic E-state index is -4.01. The van der Waals surface area contributed by atoms with Crippen LogP contribution in [0.2, 0.25) is 0 Å². The predicted molar refractivity (Wildman–Crippen MR) is 128 cm³/mol. The van der Waals surface area contributed by atoms with Crippen LogP contribution in [0.4, 0.5) is 5.69 Å². The second-order valence-corrected chi connectivity index (χ2v) is 10.0. The van der Waals surface area contributed by atoms with E-state index in [0.29, 0.717) is 5.69 Å². The third kappa shape index (κ3) is 5.46. The first kappa shape index (κ1) is 23.7. The van der Waals surface area contributed by atoms with Crippen LogP contribution in [0.3, 0.4) is 0 Å². The summed E-state index contributed by atoms with van der Waals surface area (Å²) in [6, 6.07) is 13.8. The summed E-state index contributed by atoms with van der Waals surface area (Å²) < 4.78 is 29.5. The molecule has 0 aromatic heterocycles. The summed E-state index contributed by atoms with van der Waals surface area (Å²) in [5.41, 5.74) is 2.58. The summed E-state index contributed by atoms with van der Waals surface area (Å²) in [5, 5.41) is 2.08. The average Bonchev–Trinajstić information content (AvgIpc) is 3.04. The Bertz CT molecular complexity index is 1160. The molecule has 1 fully saturated rings. The third-order valence-corrected chi connectivity index (χ3v) is 7.52. The van der Waals surface area contributed by atoms with Crippen molar-refractivity contribution in [3.05, 3.63) is 72.3 Å². The van der Waals surface area contributed by atoms with Gasteiger partial charge in [-0.05, 0) is 42.7 Å². The van der Waals surface area contributed by atoms with Crippen molar-refractivity contribution in [1.29, 1.82) is 0 Å². The van der Waals surface area contributed by atoms with Gasteiger partial charge in [0.2, 0.25) is 11.8 Å². The Morgan fingerprint density at radius 1 is 1.22 bits per heavy atom. The number of thioether (sulfide) groups is 1. The number of sulfonamides is 1. The van der Waals surface area contributed by atoms with Gasteiger partial charge in [-0.1, -0.05) is 55.1 Å². The lowest BCUT2D eigenvalue weighted by molar-refractivity contribution is -0.127. The van der Waals surface area contributed by atoms with Gasteiger partial charge in [-0.3, -0.25) is 14.5 Å². The van der Waals surface area contributed by atoms with E-state index in [1.807, 2.05) is 32.0 Å². The lowest BCUT2D eigenvalue weighted by Crippen LogP contribution is -2.34. The number of carbonyl (C=O) groups is 2. The lowest BCUT2D eigenvalue weighted by Gasteiger charge is -2.14. The summed E-state index contributed by atoms with van der Waals surface area (Å²) in [4.78, 5) is 26.7. The number of carbonyl (C=O) groups excluding carboxylic acids is 2. The van der Waals surface area contributed by atoms with Crippen molar-refractivity contribution in [2.24, 2.45) is 4.40 Å². The topological polar surface area (TPSA) is 95.9 Å². The second kappa shape index (κ2) is 10.1. The number of amides is 2. The number of benzene rings is 2. The standard InChI is InChI=1S/C23H25N3O4S2/c1-4-14-26-22(28)20(15-21(27)24-19-9-7-6-8-16(19)3)31-23(26)25-32(29,30)18-12-10-17(5-2)11-13-18/h4,6-13,20H,1,5,14-15H2,2-3H3,(H,24,27)/b25-23+. The largest absolute Gasteiger partial charge is 0.326 e. The molecule has 0 aliphatic carbocycles. The zero-order valence-corrected chi connectivity index (χ0v) is 19.6. The molecule has 1 N–H and O–H groups in total. The normalized spacial score (nSPS) is 17.6. The minimum absolute atomic E-state index is 0.0446. The molecule has 0 spiro atoms. The molecule has 1 aliphatic heterocycles. The van der Waals surface area contributed by atoms with Crippen molar-refractivity contribution in [2.45, 2.75) is 36.8 Å². The molecule has 1 aliphatic rings. The van der Waals surface area contributed by atoms with Gasteiger partial charge in [-0.2, -0.15) is 8.42 Å². The quantitative estimate of drug-likeness (QED) is 0.592. The highest BCUT2D eigenvalue weighted by Gasteiger charge is 2.39. The van der Waals surface area contributed by atoms with Crippen molar-refractivity contribution in [3.8, 4) is 0 Å². The van der Waals surface area contributed by atoms with Gasteiger partial charge >= 0.3 is 0 Å². The number of anilines is 1. The highest BCUT2D eigenvalue weighted by atomic mass is 32.2. The number of hydrogen-bond donors (Lipinski definition) is 1. The maximum absolute atomic E-state index is 12.9. The van der Waals surface area contributed by atoms with E-state index in [2.05, 4.69) is 16.3 Å². The van der Waals surface area contributed by atoms with Crippen molar-refractivity contribution in [3.63, 3.8) is 0 Å². The van der Waals surface area contributed by atoms with E-state index in [1.54, 1.807) is 18.2 Å². The van der Waals surface area contributed by atoms with Gasteiger partial charge in [-0.15, -0.1) is 11.0 Å². The Morgan fingerprint density at radius 2 is 1.91 bits per heavy atom. The molecule has 1 saturated heterocycles. The molecular formula is C23H25N3O4S2. The second-order valence-electron chi connectivity index (χ2n) is 7.26. The Kier molecular flexibility index (Phi) is 7.52. The molecule has 2 amide bonds. The minimum Gasteiger partial charge on any atom is -0.326 e. The molecule has 7 nitrogen and oxygen atoms in total. The predicted octanol–water partition coefficient (Wildman–Crippen LogP) is 3.76. The van der Waals surface area contributed by atoms with Gasteiger partial charge in [0, 0.05) is 18.7 Å². The summed E-state index contributed by atoms with van der Waals surface area (Å²) >= 11 is 0.978. The average molecular weight is 472 g/mol. The Hall–Kier alpha value is -2.91. The van der Waals surface area contributed by atoms with Crippen LogP contribution in [0.5, 0.6) is 0 Å². The molecule has 168 valence electrons. The zero-order valence-electron chi connectivity index (χ0n) is 17.9. The first-order valence-electron chi connectivity index (χ1n) is 10.1. The van der Waals surface area contributed by atoms with Gasteiger partial charge in [0.25, 0.3) is 10.0 Å². The van der Waals surface area contributed by atoms with Crippen LogP contribution in [0.25, 0.3) is 0 Å². The Labute approximate surface area is 192 Å². The molecule has 1 unspecified atom stereocenters. The van der Waals surface area contributed by atoms with Crippen LogP contribution < -0.4 is 5.32 Å². The first-order chi connectivity index (χ1) is 15.2. The highest BCUT2D eigenvalue weighted by Crippen LogP contribution is 2.31. The maximum atomic E-state index is 12.9. The number of nitrogens with zero attached hydrogens (tertiary/aromatic N) is 2. The molecule has 9 heteroatoms. The van der Waals surface area contributed by atoms with Crippen LogP contribution in [0.15, 0.2) is 70.5 Å². The number of hydrogen-bond acceptors (Lipinski definition) is 5. The van der Waals surface area contributed by atoms with Gasteiger partial charge < -0.3 is 5.32 Å². The molecule has 0 bridgehead atoms. The van der Waals surface area contributed by atoms with Crippen molar-refractivity contribution < 1.29 is 18.0 Å². The van der Waals surface area contributed by atoms with Gasteiger partial charge in [-0.25, -0.2) is 0 Å². The van der Waals surface area contributed by atoms with Crippen LogP contribution in [0, 0.1) is 6.92 Å². The molecule has 0 radical (unpaired) electrons. The third-order valence-electron chi connectivity index (χ3n) is 4.95. The highest BCUT2D eigenvalue weighted by molar-refractivity contribution is 8.16. The summed E-state index contributed by atoms with van der Waals surface area (Å²) in [6.07, 6.45) is 2.18. The van der Waals surface area contributed by atoms with E-state index in [-0.39, 0.29) is 34.8 Å². The van der Waals surface area contributed by atoms with E-state index in [4.69, 9.17) is 0 Å². The molecule has 1 atom stereocenters. The maximum Gasteiger partial charge on any atom is 0.284 e. The fraction of sp³-hybridized carbons (Fsp3) is 0.261. The van der Waals surface area contributed by atoms with Crippen LogP contribution >= 0.6 is 11.8 Å². The lowest BCUT2D eigenvalue weighted by atomic mass is 10.2. The van der Waals surface area contributed by atoms with E-state index < -0.39 is 15.3 Å². The van der Waals surface area contributed by atoms with Crippen molar-refractivity contribution in [2.75, 3.05) is 11.9 Å². The van der Waals surface area contributed by atoms with E-state index in [1.165, 1.54) is 23.1 Å². The summed E-state index contributed by atoms with van der Waals surface area (Å²) in [5.74, 6) is -0.701. The van der Waals surface area contributed by atoms with Gasteiger partial charge in [0.05, 0.1) is 4.90 Å². The number of amidine groups is 1. The van der Waals surface area contributed by atoms with Crippen molar-refractivity contribution >= 4 is 44.5 Å². The molecule has 2 aromatic rings. The molecule has 0 saturated carbocycles. The van der Waals surface area contributed by atoms with E-state index >= 15 is 0 Å². The van der Waals surface area contributed by atoms with Crippen molar-refractivity contribution in [1.82, 2.24) is 4.90 Å². The Morgan fingerprint density at radius 3 is 2.53 bits per heavy atom. The van der Waals surface area contributed by atoms with Gasteiger partial charge in [0.15, 0.2) is 5.17 Å². The number of rotatable bonds is 8. The Balaban J connectivity index is 1.80. The van der Waals surface area contributed by atoms with E-state index in [0.717, 1.165) is 29.3 Å². The summed E-state index contributed by atoms with van der Waals surface area (Å²) in [7, 11) is -4.01. The van der Waals surface area contributed by atoms with E-state index in [9.17, 15) is 18.0 Å². The fourth-order valence-electron chi connectivity index (χ4n) is 3.14. The van der Waals surface area contributed by atoms with Crippen LogP contribution in [0.1, 0.15) is 24.5 Å². The molecule has 2 aromatic carbocycles. The zero-order chi connectivity index (χ0) is 23.3. The number of aryl methyl sites for hydroxylation is 2. The monoisotopic (exact) mass is 471 g/mol. The molecule has 32 heavy (non-hydrogen) atoms. The first-order valence-corrected chi connectivity index (χ1v) is 12.5. The van der Waals surface area contributed by atoms with Gasteiger partial charge in [0.1, 0.15) is 5.25 Å². The van der Waals surface area contributed by atoms with Crippen LogP contribution in [-0.2, 0) is 26.0 Å². The smallest absolute Gasteiger partial charge is 0.284 e. The SMILES string of the molecule is C=CCN1C(=O)C(CC(=O)Nc2ccccc2C)S/C1=N/S(=O)(=O)c1ccc(CC)cc1. The fourth-order valence-corrected chi connectivity index (χ4v) is 5.51. The molecule has 1 heterocycles. The molecule has 3 rings (SSSR count). The number of para-hydroxylation sites is 1. The number of nitrogens with one attached hydrogen (secondary N) is 1. The van der Waals surface area contributed by atoms with Crippen LogP contribution in [-0.4, -0.2) is 42.1 Å².